The van der Waals surface area contributed by atoms with Gasteiger partial charge in [-0.15, -0.1) is 0 Å². The minimum Gasteiger partial charge on any atom is -0.493 e. The van der Waals surface area contributed by atoms with E-state index in [9.17, 15) is 0 Å². The molecule has 0 heterocycles. The molecule has 2 heteroatoms. The Morgan fingerprint density at radius 2 is 1.61 bits per heavy atom. The standard InChI is InChI=1S/C21H29NO/c1-4-5-6-9-15-23-20-14-8-7-13-19(20)16-22-21-17(2)11-10-12-18(21)3/h7-8,10-14,22H,4-6,9,15-16H2,1-3H3. The molecule has 2 aromatic rings. The molecule has 0 aliphatic heterocycles. The average molecular weight is 311 g/mol. The Balaban J connectivity index is 1.95. The van der Waals surface area contributed by atoms with Crippen LogP contribution in [0, 0.1) is 13.8 Å². The van der Waals surface area contributed by atoms with E-state index in [0.717, 1.165) is 25.3 Å². The minimum atomic E-state index is 0.789. The average Bonchev–Trinajstić information content (AvgIpc) is 2.55. The molecule has 0 fully saturated rings. The Hall–Kier alpha value is -1.96. The summed E-state index contributed by atoms with van der Waals surface area (Å²) < 4.78 is 5.99. The maximum atomic E-state index is 5.99. The van der Waals surface area contributed by atoms with Crippen LogP contribution in [0.15, 0.2) is 42.5 Å². The quantitative estimate of drug-likeness (QED) is 0.584. The smallest absolute Gasteiger partial charge is 0.124 e. The van der Waals surface area contributed by atoms with E-state index in [-0.39, 0.29) is 0 Å². The lowest BCUT2D eigenvalue weighted by Crippen LogP contribution is -2.06. The lowest BCUT2D eigenvalue weighted by molar-refractivity contribution is 0.302. The highest BCUT2D eigenvalue weighted by Crippen LogP contribution is 2.23. The Bertz CT molecular complexity index is 586. The molecule has 2 nitrogen and oxygen atoms in total. The molecular weight excluding hydrogens is 282 g/mol. The second kappa shape index (κ2) is 9.24. The van der Waals surface area contributed by atoms with Crippen molar-refractivity contribution in [3.05, 3.63) is 59.2 Å². The molecule has 0 aliphatic carbocycles. The summed E-state index contributed by atoms with van der Waals surface area (Å²) >= 11 is 0. The zero-order chi connectivity index (χ0) is 16.5. The van der Waals surface area contributed by atoms with E-state index in [1.807, 2.05) is 6.07 Å². The largest absolute Gasteiger partial charge is 0.493 e. The van der Waals surface area contributed by atoms with Crippen LogP contribution in [0.25, 0.3) is 0 Å². The highest BCUT2D eigenvalue weighted by Gasteiger charge is 2.05. The van der Waals surface area contributed by atoms with E-state index < -0.39 is 0 Å². The van der Waals surface area contributed by atoms with Crippen LogP contribution < -0.4 is 10.1 Å². The Labute approximate surface area is 140 Å². The van der Waals surface area contributed by atoms with Gasteiger partial charge in [0.1, 0.15) is 5.75 Å². The second-order valence-corrected chi connectivity index (χ2v) is 6.14. The summed E-state index contributed by atoms with van der Waals surface area (Å²) in [5, 5.41) is 3.57. The molecule has 23 heavy (non-hydrogen) atoms. The maximum absolute atomic E-state index is 5.99. The van der Waals surface area contributed by atoms with Crippen molar-refractivity contribution in [1.29, 1.82) is 0 Å². The number of para-hydroxylation sites is 2. The number of aryl methyl sites for hydroxylation is 2. The van der Waals surface area contributed by atoms with E-state index in [4.69, 9.17) is 4.74 Å². The fraction of sp³-hybridized carbons (Fsp3) is 0.429. The predicted molar refractivity (Wildman–Crippen MR) is 99.3 cm³/mol. The van der Waals surface area contributed by atoms with Gasteiger partial charge in [-0.25, -0.2) is 0 Å². The van der Waals surface area contributed by atoms with Gasteiger partial charge >= 0.3 is 0 Å². The van der Waals surface area contributed by atoms with E-state index in [0.29, 0.717) is 0 Å². The molecule has 2 aromatic carbocycles. The van der Waals surface area contributed by atoms with Gasteiger partial charge in [0.05, 0.1) is 6.61 Å². The van der Waals surface area contributed by atoms with Crippen molar-refractivity contribution in [1.82, 2.24) is 0 Å². The number of hydrogen-bond donors (Lipinski definition) is 1. The number of hydrogen-bond acceptors (Lipinski definition) is 2. The third kappa shape index (κ3) is 5.31. The van der Waals surface area contributed by atoms with Gasteiger partial charge in [0.15, 0.2) is 0 Å². The minimum absolute atomic E-state index is 0.789. The molecular formula is C21H29NO. The van der Waals surface area contributed by atoms with Gasteiger partial charge in [-0.1, -0.05) is 62.6 Å². The van der Waals surface area contributed by atoms with Gasteiger partial charge in [0, 0.05) is 17.8 Å². The van der Waals surface area contributed by atoms with Crippen molar-refractivity contribution < 1.29 is 4.74 Å². The summed E-state index contributed by atoms with van der Waals surface area (Å²) in [6, 6.07) is 14.7. The first-order valence-corrected chi connectivity index (χ1v) is 8.73. The fourth-order valence-corrected chi connectivity index (χ4v) is 2.78. The van der Waals surface area contributed by atoms with E-state index in [1.165, 1.54) is 41.6 Å². The maximum Gasteiger partial charge on any atom is 0.124 e. The number of anilines is 1. The molecule has 0 unspecified atom stereocenters. The highest BCUT2D eigenvalue weighted by molar-refractivity contribution is 5.57. The topological polar surface area (TPSA) is 21.3 Å². The monoisotopic (exact) mass is 311 g/mol. The van der Waals surface area contributed by atoms with E-state index in [2.05, 4.69) is 62.5 Å². The number of rotatable bonds is 9. The SMILES string of the molecule is CCCCCCOc1ccccc1CNc1c(C)cccc1C. The first-order chi connectivity index (χ1) is 11.2. The fourth-order valence-electron chi connectivity index (χ4n) is 2.78. The van der Waals surface area contributed by atoms with Crippen molar-refractivity contribution in [3.8, 4) is 5.75 Å². The molecule has 0 amide bonds. The van der Waals surface area contributed by atoms with Crippen LogP contribution in [-0.4, -0.2) is 6.61 Å². The molecule has 0 aromatic heterocycles. The van der Waals surface area contributed by atoms with Gasteiger partial charge in [0.2, 0.25) is 0 Å². The zero-order valence-electron chi connectivity index (χ0n) is 14.7. The first-order valence-electron chi connectivity index (χ1n) is 8.73. The third-order valence-electron chi connectivity index (χ3n) is 4.16. The van der Waals surface area contributed by atoms with E-state index >= 15 is 0 Å². The Kier molecular flexibility index (Phi) is 6.99. The van der Waals surface area contributed by atoms with Gasteiger partial charge in [-0.2, -0.15) is 0 Å². The van der Waals surface area contributed by atoms with Crippen LogP contribution in [0.2, 0.25) is 0 Å². The van der Waals surface area contributed by atoms with Gasteiger partial charge in [-0.3, -0.25) is 0 Å². The molecule has 1 N–H and O–H groups in total. The van der Waals surface area contributed by atoms with Crippen LogP contribution in [0.4, 0.5) is 5.69 Å². The Morgan fingerprint density at radius 1 is 0.870 bits per heavy atom. The van der Waals surface area contributed by atoms with Gasteiger partial charge < -0.3 is 10.1 Å². The number of benzene rings is 2. The lowest BCUT2D eigenvalue weighted by atomic mass is 10.1. The molecule has 0 saturated heterocycles. The molecule has 0 atom stereocenters. The second-order valence-electron chi connectivity index (χ2n) is 6.14. The molecule has 0 aliphatic rings. The summed E-state index contributed by atoms with van der Waals surface area (Å²) in [6.07, 6.45) is 4.93. The summed E-state index contributed by atoms with van der Waals surface area (Å²) in [4.78, 5) is 0. The normalized spacial score (nSPS) is 10.6. The van der Waals surface area contributed by atoms with Crippen LogP contribution in [0.5, 0.6) is 5.75 Å². The molecule has 0 spiro atoms. The lowest BCUT2D eigenvalue weighted by Gasteiger charge is -2.15. The van der Waals surface area contributed by atoms with Crippen molar-refractivity contribution >= 4 is 5.69 Å². The van der Waals surface area contributed by atoms with Crippen molar-refractivity contribution in [2.24, 2.45) is 0 Å². The van der Waals surface area contributed by atoms with Crippen LogP contribution in [0.1, 0.15) is 49.3 Å². The molecule has 0 radical (unpaired) electrons. The summed E-state index contributed by atoms with van der Waals surface area (Å²) in [6.45, 7) is 8.11. The van der Waals surface area contributed by atoms with Crippen LogP contribution in [-0.2, 0) is 6.54 Å². The van der Waals surface area contributed by atoms with Crippen LogP contribution >= 0.6 is 0 Å². The molecule has 124 valence electrons. The third-order valence-corrected chi connectivity index (χ3v) is 4.16. The van der Waals surface area contributed by atoms with Crippen molar-refractivity contribution in [2.75, 3.05) is 11.9 Å². The van der Waals surface area contributed by atoms with E-state index in [1.54, 1.807) is 0 Å². The predicted octanol–water partition coefficient (Wildman–Crippen LogP) is 5.87. The summed E-state index contributed by atoms with van der Waals surface area (Å²) in [5.41, 5.74) is 5.00. The number of unbranched alkanes of at least 4 members (excludes halogenated alkanes) is 3. The number of nitrogens with one attached hydrogen (secondary N) is 1. The number of ether oxygens (including phenoxy) is 1. The first kappa shape index (κ1) is 17.4. The highest BCUT2D eigenvalue weighted by atomic mass is 16.5. The Morgan fingerprint density at radius 3 is 2.35 bits per heavy atom. The summed E-state index contributed by atoms with van der Waals surface area (Å²) in [7, 11) is 0. The van der Waals surface area contributed by atoms with Gasteiger partial charge in [0.25, 0.3) is 0 Å². The van der Waals surface area contributed by atoms with Gasteiger partial charge in [-0.05, 0) is 37.5 Å². The van der Waals surface area contributed by atoms with Crippen molar-refractivity contribution in [2.45, 2.75) is 53.0 Å². The van der Waals surface area contributed by atoms with Crippen LogP contribution in [0.3, 0.4) is 0 Å². The van der Waals surface area contributed by atoms with Crippen molar-refractivity contribution in [3.63, 3.8) is 0 Å². The molecule has 0 bridgehead atoms. The summed E-state index contributed by atoms with van der Waals surface area (Å²) in [5.74, 6) is 1.00. The zero-order valence-corrected chi connectivity index (χ0v) is 14.7. The molecule has 0 saturated carbocycles. The molecule has 2 rings (SSSR count).